The molecule has 3 aliphatic rings. The number of piperidine rings is 1. The van der Waals surface area contributed by atoms with Crippen molar-refractivity contribution in [2.45, 2.75) is 75.9 Å². The van der Waals surface area contributed by atoms with Gasteiger partial charge in [-0.3, -0.25) is 4.98 Å². The Morgan fingerprint density at radius 1 is 1.19 bits per heavy atom. The summed E-state index contributed by atoms with van der Waals surface area (Å²) in [4.78, 5) is 12.3. The van der Waals surface area contributed by atoms with Crippen LogP contribution in [0.25, 0.3) is 11.0 Å². The summed E-state index contributed by atoms with van der Waals surface area (Å²) in [6, 6.07) is 11.0. The molecule has 222 valence electrons. The smallest absolute Gasteiger partial charge is 0.182 e. The van der Waals surface area contributed by atoms with Gasteiger partial charge in [-0.25, -0.2) is 13.7 Å². The number of likely N-dealkylation sites (tertiary alicyclic amines) is 1. The van der Waals surface area contributed by atoms with Crippen molar-refractivity contribution in [3.8, 4) is 17.6 Å². The van der Waals surface area contributed by atoms with Gasteiger partial charge in [0.05, 0.1) is 34.6 Å². The molecule has 2 aromatic carbocycles. The fourth-order valence-corrected chi connectivity index (χ4v) is 7.11. The lowest BCUT2D eigenvalue weighted by atomic mass is 9.83. The van der Waals surface area contributed by atoms with Gasteiger partial charge in [0, 0.05) is 56.0 Å². The van der Waals surface area contributed by atoms with Crippen molar-refractivity contribution in [3.63, 3.8) is 0 Å². The van der Waals surface area contributed by atoms with Crippen LogP contribution in [0.1, 0.15) is 75.5 Å². The monoisotopic (exact) mass is 590 g/mol. The average Bonchev–Trinajstić information content (AvgIpc) is 3.44. The minimum Gasteiger partial charge on any atom is -0.453 e. The molecule has 1 aromatic heterocycles. The third-order valence-electron chi connectivity index (χ3n) is 9.16. The van der Waals surface area contributed by atoms with E-state index in [1.807, 2.05) is 30.5 Å². The Labute approximate surface area is 251 Å². The Hall–Kier alpha value is -2.97. The SMILES string of the molecule is CCN(C)SNc1ccc(F)c(Oc2ccc3ncc(C4COC5(CCN(C6CCCCC6)CC5)C4)nc3c2)c1C#N. The van der Waals surface area contributed by atoms with Crippen LogP contribution in [0.5, 0.6) is 11.5 Å². The highest BCUT2D eigenvalue weighted by Gasteiger charge is 2.44. The molecule has 42 heavy (non-hydrogen) atoms. The summed E-state index contributed by atoms with van der Waals surface area (Å²) in [5.41, 5.74) is 2.85. The summed E-state index contributed by atoms with van der Waals surface area (Å²) < 4.78 is 32.4. The van der Waals surface area contributed by atoms with Crippen molar-refractivity contribution in [1.82, 2.24) is 19.2 Å². The summed E-state index contributed by atoms with van der Waals surface area (Å²) in [7, 11) is 1.92. The molecular weight excluding hydrogens is 551 g/mol. The third kappa shape index (κ3) is 6.20. The Bertz CT molecular complexity index is 1450. The molecule has 1 aliphatic carbocycles. The van der Waals surface area contributed by atoms with Gasteiger partial charge in [0.2, 0.25) is 0 Å². The van der Waals surface area contributed by atoms with E-state index in [0.717, 1.165) is 56.1 Å². The summed E-state index contributed by atoms with van der Waals surface area (Å²) in [5, 5.41) is 9.84. The second-order valence-electron chi connectivity index (χ2n) is 11.8. The molecule has 0 radical (unpaired) electrons. The van der Waals surface area contributed by atoms with Gasteiger partial charge in [-0.05, 0) is 63.4 Å². The van der Waals surface area contributed by atoms with Crippen molar-refractivity contribution < 1.29 is 13.9 Å². The van der Waals surface area contributed by atoms with E-state index in [9.17, 15) is 9.65 Å². The van der Waals surface area contributed by atoms with Gasteiger partial charge in [0.15, 0.2) is 11.6 Å². The van der Waals surface area contributed by atoms with E-state index < -0.39 is 5.82 Å². The second kappa shape index (κ2) is 12.7. The maximum absolute atomic E-state index is 14.9. The molecule has 2 aliphatic heterocycles. The summed E-state index contributed by atoms with van der Waals surface area (Å²) in [6.07, 6.45) is 11.8. The molecule has 3 fully saturated rings. The van der Waals surface area contributed by atoms with Crippen LogP contribution in [0, 0.1) is 17.1 Å². The first-order valence-corrected chi connectivity index (χ1v) is 15.9. The number of fused-ring (bicyclic) bond motifs is 1. The fraction of sp³-hybridized carbons (Fsp3) is 0.531. The maximum atomic E-state index is 14.9. The van der Waals surface area contributed by atoms with Gasteiger partial charge in [-0.2, -0.15) is 5.26 Å². The zero-order valence-corrected chi connectivity index (χ0v) is 25.3. The zero-order valence-electron chi connectivity index (χ0n) is 24.4. The van der Waals surface area contributed by atoms with Crippen molar-refractivity contribution >= 4 is 28.9 Å². The average molecular weight is 591 g/mol. The van der Waals surface area contributed by atoms with E-state index in [1.54, 1.807) is 18.2 Å². The Balaban J connectivity index is 1.16. The summed E-state index contributed by atoms with van der Waals surface area (Å²) in [6.45, 7) is 5.71. The van der Waals surface area contributed by atoms with Gasteiger partial charge >= 0.3 is 0 Å². The highest BCUT2D eigenvalue weighted by molar-refractivity contribution is 7.98. The van der Waals surface area contributed by atoms with Crippen molar-refractivity contribution in [1.29, 1.82) is 5.26 Å². The van der Waals surface area contributed by atoms with Gasteiger partial charge in [-0.15, -0.1) is 0 Å². The number of nitrogens with one attached hydrogen (secondary N) is 1. The van der Waals surface area contributed by atoms with Crippen LogP contribution >= 0.6 is 12.1 Å². The lowest BCUT2D eigenvalue weighted by Gasteiger charge is -2.43. The number of hydrogen-bond acceptors (Lipinski definition) is 9. The Morgan fingerprint density at radius 2 is 2.00 bits per heavy atom. The van der Waals surface area contributed by atoms with E-state index in [4.69, 9.17) is 14.5 Å². The number of aromatic nitrogens is 2. The zero-order chi connectivity index (χ0) is 29.1. The number of nitrogens with zero attached hydrogens (tertiary/aromatic N) is 5. The van der Waals surface area contributed by atoms with Crippen molar-refractivity contribution in [3.05, 3.63) is 53.6 Å². The van der Waals surface area contributed by atoms with Crippen LogP contribution in [-0.4, -0.2) is 64.1 Å². The standard InChI is InChI=1S/C32H39FN6O2S/c1-3-38(2)42-37-27-12-10-26(33)31(25(27)19-34)41-24-9-11-28-29(17-24)36-30(20-35-28)22-18-32(40-21-22)13-15-39(16-14-32)23-7-5-4-6-8-23/h9-12,17,20,22-23,37H,3-8,13-16,18,21H2,1-2H3. The van der Waals surface area contributed by atoms with Gasteiger partial charge in [0.25, 0.3) is 0 Å². The fourth-order valence-electron chi connectivity index (χ4n) is 6.55. The molecule has 0 amide bonds. The number of anilines is 1. The van der Waals surface area contributed by atoms with Crippen LogP contribution in [-0.2, 0) is 4.74 Å². The molecule has 8 nitrogen and oxygen atoms in total. The van der Waals surface area contributed by atoms with Crippen molar-refractivity contribution in [2.24, 2.45) is 0 Å². The van der Waals surface area contributed by atoms with Crippen LogP contribution < -0.4 is 9.46 Å². The first-order valence-electron chi connectivity index (χ1n) is 15.2. The summed E-state index contributed by atoms with van der Waals surface area (Å²) in [5.74, 6) is -0.129. The number of halogens is 1. The minimum absolute atomic E-state index is 0.0636. The first kappa shape index (κ1) is 29.1. The normalized spacial score (nSPS) is 21.2. The quantitative estimate of drug-likeness (QED) is 0.278. The number of hydrogen-bond donors (Lipinski definition) is 1. The van der Waals surface area contributed by atoms with E-state index in [0.29, 0.717) is 23.6 Å². The number of ether oxygens (including phenoxy) is 2. The predicted octanol–water partition coefficient (Wildman–Crippen LogP) is 7.03. The number of rotatable bonds is 8. The highest BCUT2D eigenvalue weighted by Crippen LogP contribution is 2.43. The third-order valence-corrected chi connectivity index (χ3v) is 10.0. The highest BCUT2D eigenvalue weighted by atomic mass is 32.2. The maximum Gasteiger partial charge on any atom is 0.182 e. The Morgan fingerprint density at radius 3 is 2.76 bits per heavy atom. The number of benzene rings is 2. The Kier molecular flexibility index (Phi) is 8.82. The topological polar surface area (TPSA) is 86.5 Å². The van der Waals surface area contributed by atoms with E-state index in [2.05, 4.69) is 20.7 Å². The molecule has 1 atom stereocenters. The largest absolute Gasteiger partial charge is 0.453 e. The van der Waals surface area contributed by atoms with Gasteiger partial charge in [-0.1, -0.05) is 26.2 Å². The first-order chi connectivity index (χ1) is 20.5. The van der Waals surface area contributed by atoms with E-state index in [-0.39, 0.29) is 22.8 Å². The molecule has 1 N–H and O–H groups in total. The van der Waals surface area contributed by atoms with E-state index in [1.165, 1.54) is 50.3 Å². The summed E-state index contributed by atoms with van der Waals surface area (Å²) >= 11 is 1.33. The molecule has 6 rings (SSSR count). The molecule has 1 unspecified atom stereocenters. The number of nitriles is 1. The van der Waals surface area contributed by atoms with Crippen LogP contribution in [0.3, 0.4) is 0 Å². The molecule has 2 saturated heterocycles. The molecule has 1 spiro atoms. The van der Waals surface area contributed by atoms with Gasteiger partial charge < -0.3 is 19.1 Å². The second-order valence-corrected chi connectivity index (χ2v) is 12.8. The van der Waals surface area contributed by atoms with Crippen LogP contribution in [0.15, 0.2) is 36.5 Å². The van der Waals surface area contributed by atoms with E-state index >= 15 is 0 Å². The van der Waals surface area contributed by atoms with Crippen molar-refractivity contribution in [2.75, 3.05) is 38.0 Å². The lowest BCUT2D eigenvalue weighted by Crippen LogP contribution is -2.48. The lowest BCUT2D eigenvalue weighted by molar-refractivity contribution is -0.0534. The van der Waals surface area contributed by atoms with Gasteiger partial charge in [0.1, 0.15) is 17.4 Å². The minimum atomic E-state index is -0.603. The molecular formula is C32H39FN6O2S. The molecule has 3 aromatic rings. The molecule has 0 bridgehead atoms. The van der Waals surface area contributed by atoms with Crippen LogP contribution in [0.4, 0.5) is 10.1 Å². The molecule has 1 saturated carbocycles. The van der Waals surface area contributed by atoms with Crippen LogP contribution in [0.2, 0.25) is 0 Å². The predicted molar refractivity (Wildman–Crippen MR) is 164 cm³/mol. The molecule has 3 heterocycles. The molecule has 10 heteroatoms.